The van der Waals surface area contributed by atoms with Crippen LogP contribution in [0.15, 0.2) is 40.9 Å². The summed E-state index contributed by atoms with van der Waals surface area (Å²) in [5, 5.41) is -0.171. The fourth-order valence-corrected chi connectivity index (χ4v) is 3.66. The van der Waals surface area contributed by atoms with E-state index in [0.29, 0.717) is 0 Å². The molecule has 1 unspecified atom stereocenters. The number of aryl methyl sites for hydroxylation is 1. The van der Waals surface area contributed by atoms with Gasteiger partial charge in [0.1, 0.15) is 5.75 Å². The second-order valence-electron chi connectivity index (χ2n) is 5.00. The van der Waals surface area contributed by atoms with Crippen molar-refractivity contribution in [2.24, 2.45) is 0 Å². The van der Waals surface area contributed by atoms with E-state index in [1.165, 1.54) is 16.7 Å². The van der Waals surface area contributed by atoms with Crippen molar-refractivity contribution in [3.8, 4) is 5.75 Å². The molecule has 0 spiro atoms. The Morgan fingerprint density at radius 1 is 1.25 bits per heavy atom. The summed E-state index contributed by atoms with van der Waals surface area (Å²) >= 11 is 10.3. The third-order valence-corrected chi connectivity index (χ3v) is 4.69. The molecule has 0 saturated heterocycles. The molecule has 1 heterocycles. The Hall–Kier alpha value is -0.990. The number of hydrogen-bond acceptors (Lipinski definition) is 1. The van der Waals surface area contributed by atoms with Crippen molar-refractivity contribution in [2.45, 2.75) is 25.1 Å². The largest absolute Gasteiger partial charge is 0.493 e. The van der Waals surface area contributed by atoms with Crippen molar-refractivity contribution < 1.29 is 4.74 Å². The molecule has 0 saturated carbocycles. The van der Waals surface area contributed by atoms with E-state index in [-0.39, 0.29) is 5.38 Å². The molecular weight excluding hydrogens is 336 g/mol. The molecule has 0 aliphatic carbocycles. The molecule has 1 aliphatic heterocycles. The Kier molecular flexibility index (Phi) is 4.04. The van der Waals surface area contributed by atoms with Gasteiger partial charge < -0.3 is 4.74 Å². The van der Waals surface area contributed by atoms with Crippen LogP contribution in [0.25, 0.3) is 0 Å². The van der Waals surface area contributed by atoms with Crippen LogP contribution in [0.2, 0.25) is 0 Å². The highest BCUT2D eigenvalue weighted by molar-refractivity contribution is 9.10. The van der Waals surface area contributed by atoms with E-state index in [4.69, 9.17) is 16.3 Å². The van der Waals surface area contributed by atoms with Crippen LogP contribution in [0.4, 0.5) is 0 Å². The molecule has 20 heavy (non-hydrogen) atoms. The highest BCUT2D eigenvalue weighted by Gasteiger charge is 2.24. The molecule has 2 aromatic carbocycles. The van der Waals surface area contributed by atoms with E-state index in [9.17, 15) is 0 Å². The van der Waals surface area contributed by atoms with E-state index in [1.54, 1.807) is 0 Å². The summed E-state index contributed by atoms with van der Waals surface area (Å²) in [6, 6.07) is 12.6. The third-order valence-electron chi connectivity index (χ3n) is 3.76. The van der Waals surface area contributed by atoms with Gasteiger partial charge in [0.15, 0.2) is 0 Å². The summed E-state index contributed by atoms with van der Waals surface area (Å²) in [5.74, 6) is 0.971. The summed E-state index contributed by atoms with van der Waals surface area (Å²) in [7, 11) is 0. The predicted molar refractivity (Wildman–Crippen MR) is 86.9 cm³/mol. The van der Waals surface area contributed by atoms with Crippen molar-refractivity contribution in [1.82, 2.24) is 0 Å². The number of fused-ring (bicyclic) bond motifs is 1. The van der Waals surface area contributed by atoms with Crippen LogP contribution < -0.4 is 4.74 Å². The third kappa shape index (κ3) is 2.47. The topological polar surface area (TPSA) is 9.23 Å². The number of halogens is 2. The van der Waals surface area contributed by atoms with Crippen LogP contribution in [0.5, 0.6) is 5.75 Å². The molecule has 104 valence electrons. The molecule has 0 radical (unpaired) electrons. The lowest BCUT2D eigenvalue weighted by Gasteiger charge is -2.17. The minimum atomic E-state index is -0.171. The second-order valence-corrected chi connectivity index (χ2v) is 6.35. The SMILES string of the molecule is CCc1ccccc1C(Cl)c1cc(Br)cc2c1OCC2. The summed E-state index contributed by atoms with van der Waals surface area (Å²) in [5.41, 5.74) is 4.77. The first-order chi connectivity index (χ1) is 9.70. The van der Waals surface area contributed by atoms with Gasteiger partial charge in [-0.05, 0) is 35.2 Å². The maximum absolute atomic E-state index is 6.77. The quantitative estimate of drug-likeness (QED) is 0.684. The Balaban J connectivity index is 2.09. The standard InChI is InChI=1S/C17H16BrClO/c1-2-11-5-3-4-6-14(11)16(19)15-10-13(18)9-12-7-8-20-17(12)15/h3-6,9-10,16H,2,7-8H2,1H3. The van der Waals surface area contributed by atoms with Gasteiger partial charge in [0, 0.05) is 16.5 Å². The molecule has 1 atom stereocenters. The summed E-state index contributed by atoms with van der Waals surface area (Å²) in [6.45, 7) is 2.90. The zero-order valence-electron chi connectivity index (χ0n) is 11.3. The predicted octanol–water partition coefficient (Wildman–Crippen LogP) is 5.27. The number of rotatable bonds is 3. The second kappa shape index (κ2) is 5.79. The van der Waals surface area contributed by atoms with Gasteiger partial charge in [-0.15, -0.1) is 11.6 Å². The first kappa shape index (κ1) is 14.0. The van der Waals surface area contributed by atoms with Gasteiger partial charge >= 0.3 is 0 Å². The van der Waals surface area contributed by atoms with Gasteiger partial charge in [-0.3, -0.25) is 0 Å². The number of alkyl halides is 1. The normalized spacial score (nSPS) is 14.8. The molecule has 2 aromatic rings. The van der Waals surface area contributed by atoms with Gasteiger partial charge in [0.05, 0.1) is 12.0 Å². The van der Waals surface area contributed by atoms with Gasteiger partial charge in [0.2, 0.25) is 0 Å². The van der Waals surface area contributed by atoms with E-state index < -0.39 is 0 Å². The van der Waals surface area contributed by atoms with Gasteiger partial charge in [-0.1, -0.05) is 47.1 Å². The monoisotopic (exact) mass is 350 g/mol. The van der Waals surface area contributed by atoms with Crippen molar-refractivity contribution in [1.29, 1.82) is 0 Å². The van der Waals surface area contributed by atoms with Crippen LogP contribution in [0.1, 0.15) is 34.6 Å². The van der Waals surface area contributed by atoms with Gasteiger partial charge in [-0.2, -0.15) is 0 Å². The summed E-state index contributed by atoms with van der Waals surface area (Å²) in [4.78, 5) is 0. The molecular formula is C17H16BrClO. The van der Waals surface area contributed by atoms with Crippen molar-refractivity contribution in [2.75, 3.05) is 6.61 Å². The summed E-state index contributed by atoms with van der Waals surface area (Å²) in [6.07, 6.45) is 1.94. The number of hydrogen-bond donors (Lipinski definition) is 0. The number of ether oxygens (including phenoxy) is 1. The molecule has 3 heteroatoms. The fraction of sp³-hybridized carbons (Fsp3) is 0.294. The van der Waals surface area contributed by atoms with Crippen molar-refractivity contribution >= 4 is 27.5 Å². The zero-order valence-corrected chi connectivity index (χ0v) is 13.7. The Morgan fingerprint density at radius 2 is 2.05 bits per heavy atom. The van der Waals surface area contributed by atoms with E-state index in [0.717, 1.165) is 35.2 Å². The average molecular weight is 352 g/mol. The van der Waals surface area contributed by atoms with Gasteiger partial charge in [-0.25, -0.2) is 0 Å². The van der Waals surface area contributed by atoms with Crippen molar-refractivity contribution in [3.63, 3.8) is 0 Å². The molecule has 1 aliphatic rings. The minimum Gasteiger partial charge on any atom is -0.493 e. The maximum atomic E-state index is 6.77. The fourth-order valence-electron chi connectivity index (χ4n) is 2.76. The summed E-state index contributed by atoms with van der Waals surface area (Å²) < 4.78 is 6.86. The van der Waals surface area contributed by atoms with Crippen molar-refractivity contribution in [3.05, 3.63) is 63.1 Å². The Labute approximate surface area is 133 Å². The van der Waals surface area contributed by atoms with Gasteiger partial charge in [0.25, 0.3) is 0 Å². The van der Waals surface area contributed by atoms with E-state index >= 15 is 0 Å². The van der Waals surface area contributed by atoms with E-state index in [2.05, 4.69) is 53.2 Å². The highest BCUT2D eigenvalue weighted by atomic mass is 79.9. The molecule has 0 bridgehead atoms. The minimum absolute atomic E-state index is 0.171. The molecule has 0 N–H and O–H groups in total. The smallest absolute Gasteiger partial charge is 0.127 e. The zero-order chi connectivity index (χ0) is 14.1. The molecule has 3 rings (SSSR count). The van der Waals surface area contributed by atoms with Crippen LogP contribution in [0, 0.1) is 0 Å². The molecule has 0 aromatic heterocycles. The van der Waals surface area contributed by atoms with E-state index in [1.807, 2.05) is 6.07 Å². The lowest BCUT2D eigenvalue weighted by molar-refractivity contribution is 0.353. The number of benzene rings is 2. The first-order valence-corrected chi connectivity index (χ1v) is 8.10. The lowest BCUT2D eigenvalue weighted by Crippen LogP contribution is -2.01. The molecule has 1 nitrogen and oxygen atoms in total. The average Bonchev–Trinajstić information content (AvgIpc) is 2.93. The lowest BCUT2D eigenvalue weighted by atomic mass is 9.96. The Morgan fingerprint density at radius 3 is 2.85 bits per heavy atom. The Bertz CT molecular complexity index is 639. The maximum Gasteiger partial charge on any atom is 0.127 e. The van der Waals surface area contributed by atoms with Crippen LogP contribution in [-0.2, 0) is 12.8 Å². The van der Waals surface area contributed by atoms with Crippen LogP contribution >= 0.6 is 27.5 Å². The molecule has 0 fully saturated rings. The van der Waals surface area contributed by atoms with Crippen LogP contribution in [-0.4, -0.2) is 6.61 Å². The highest BCUT2D eigenvalue weighted by Crippen LogP contribution is 2.42. The van der Waals surface area contributed by atoms with Crippen LogP contribution in [0.3, 0.4) is 0 Å². The first-order valence-electron chi connectivity index (χ1n) is 6.87. The molecule has 0 amide bonds.